The summed E-state index contributed by atoms with van der Waals surface area (Å²) in [5, 5.41) is 11.9. The van der Waals surface area contributed by atoms with Crippen molar-refractivity contribution in [3.05, 3.63) is 30.1 Å². The highest BCUT2D eigenvalue weighted by molar-refractivity contribution is 5.74. The van der Waals surface area contributed by atoms with Crippen LogP contribution in [0.2, 0.25) is 0 Å². The van der Waals surface area contributed by atoms with E-state index in [1.807, 2.05) is 0 Å². The number of hydrogen-bond acceptors (Lipinski definition) is 3. The number of hydrogen-bond donors (Lipinski definition) is 2. The second kappa shape index (κ2) is 6.30. The number of aromatic nitrogens is 1. The van der Waals surface area contributed by atoms with Gasteiger partial charge in [0.1, 0.15) is 0 Å². The van der Waals surface area contributed by atoms with Gasteiger partial charge in [-0.3, -0.25) is 4.98 Å². The van der Waals surface area contributed by atoms with Gasteiger partial charge in [-0.2, -0.15) is 13.2 Å². The molecule has 1 aromatic heterocycles. The van der Waals surface area contributed by atoms with Crippen molar-refractivity contribution in [2.24, 2.45) is 0 Å². The van der Waals surface area contributed by atoms with Crippen LogP contribution in [0.5, 0.6) is 0 Å². The summed E-state index contributed by atoms with van der Waals surface area (Å²) in [7, 11) is 0. The largest absolute Gasteiger partial charge is 0.416 e. The van der Waals surface area contributed by atoms with Gasteiger partial charge >= 0.3 is 12.2 Å². The molecular formula is C13H16F3N3O2. The molecule has 1 aromatic rings. The first-order valence-electron chi connectivity index (χ1n) is 6.59. The van der Waals surface area contributed by atoms with Gasteiger partial charge in [-0.05, 0) is 25.0 Å². The maximum absolute atomic E-state index is 12.6. The number of alkyl halides is 3. The highest BCUT2D eigenvalue weighted by atomic mass is 19.4. The third-order valence-corrected chi connectivity index (χ3v) is 3.41. The first-order valence-corrected chi connectivity index (χ1v) is 6.59. The molecule has 0 saturated carbocycles. The van der Waals surface area contributed by atoms with Crippen molar-refractivity contribution in [3.8, 4) is 0 Å². The Hall–Kier alpha value is -1.83. The van der Waals surface area contributed by atoms with Crippen LogP contribution in [0.3, 0.4) is 0 Å². The lowest BCUT2D eigenvalue weighted by molar-refractivity contribution is -0.216. The quantitative estimate of drug-likeness (QED) is 0.893. The molecule has 5 nitrogen and oxygen atoms in total. The minimum Gasteiger partial charge on any atom is -0.382 e. The Bertz CT molecular complexity index is 481. The van der Waals surface area contributed by atoms with Crippen molar-refractivity contribution in [3.63, 3.8) is 0 Å². The summed E-state index contributed by atoms with van der Waals surface area (Å²) in [4.78, 5) is 17.0. The van der Waals surface area contributed by atoms with Crippen LogP contribution in [-0.2, 0) is 6.54 Å². The smallest absolute Gasteiger partial charge is 0.382 e. The standard InChI is InChI=1S/C13H16F3N3O2/c14-13(15,16)11(20)10-5-3-7-19(10)12(21)18-8-9-4-1-2-6-17-9/h1-2,4,6,10-11,20H,3,5,7-8H2,(H,18,21). The molecule has 1 fully saturated rings. The van der Waals surface area contributed by atoms with Gasteiger partial charge in [0.25, 0.3) is 0 Å². The van der Waals surface area contributed by atoms with Crippen LogP contribution >= 0.6 is 0 Å². The number of carbonyl (C=O) groups is 1. The van der Waals surface area contributed by atoms with Gasteiger partial charge in [-0.15, -0.1) is 0 Å². The number of aliphatic hydroxyl groups is 1. The first kappa shape index (κ1) is 15.6. The maximum Gasteiger partial charge on any atom is 0.416 e. The third kappa shape index (κ3) is 3.84. The Morgan fingerprint density at radius 1 is 1.52 bits per heavy atom. The van der Waals surface area contributed by atoms with E-state index in [1.165, 1.54) is 0 Å². The van der Waals surface area contributed by atoms with Gasteiger partial charge in [0, 0.05) is 12.7 Å². The molecule has 1 aliphatic rings. The molecular weight excluding hydrogens is 287 g/mol. The van der Waals surface area contributed by atoms with E-state index in [-0.39, 0.29) is 19.5 Å². The Morgan fingerprint density at radius 3 is 2.90 bits per heavy atom. The number of halogens is 3. The van der Waals surface area contributed by atoms with Gasteiger partial charge in [0.05, 0.1) is 18.3 Å². The Balaban J connectivity index is 1.95. The molecule has 0 spiro atoms. The summed E-state index contributed by atoms with van der Waals surface area (Å²) in [6, 6.07) is 3.33. The van der Waals surface area contributed by atoms with Crippen LogP contribution in [0, 0.1) is 0 Å². The molecule has 1 aliphatic heterocycles. The van der Waals surface area contributed by atoms with Crippen LogP contribution in [-0.4, -0.2) is 45.9 Å². The second-order valence-corrected chi connectivity index (χ2v) is 4.87. The predicted molar refractivity (Wildman–Crippen MR) is 68.3 cm³/mol. The molecule has 2 unspecified atom stereocenters. The lowest BCUT2D eigenvalue weighted by Gasteiger charge is -2.29. The highest BCUT2D eigenvalue weighted by Gasteiger charge is 2.48. The Labute approximate surface area is 119 Å². The molecule has 2 N–H and O–H groups in total. The first-order chi connectivity index (χ1) is 9.89. The lowest BCUT2D eigenvalue weighted by Crippen LogP contribution is -2.51. The van der Waals surface area contributed by atoms with Crippen molar-refractivity contribution in [1.82, 2.24) is 15.2 Å². The minimum atomic E-state index is -4.73. The van der Waals surface area contributed by atoms with E-state index in [0.29, 0.717) is 12.1 Å². The number of urea groups is 1. The number of nitrogens with one attached hydrogen (secondary N) is 1. The minimum absolute atomic E-state index is 0.130. The predicted octanol–water partition coefficient (Wildman–Crippen LogP) is 1.68. The van der Waals surface area contributed by atoms with E-state index in [4.69, 9.17) is 0 Å². The van der Waals surface area contributed by atoms with E-state index >= 15 is 0 Å². The lowest BCUT2D eigenvalue weighted by atomic mass is 10.1. The molecule has 0 radical (unpaired) electrons. The number of rotatable bonds is 3. The SMILES string of the molecule is O=C(NCc1ccccn1)N1CCCC1C(O)C(F)(F)F. The van der Waals surface area contributed by atoms with E-state index < -0.39 is 24.4 Å². The fourth-order valence-corrected chi connectivity index (χ4v) is 2.36. The zero-order valence-electron chi connectivity index (χ0n) is 11.2. The monoisotopic (exact) mass is 303 g/mol. The van der Waals surface area contributed by atoms with Crippen LogP contribution in [0.1, 0.15) is 18.5 Å². The summed E-state index contributed by atoms with van der Waals surface area (Å²) in [6.45, 7) is 0.330. The average molecular weight is 303 g/mol. The topological polar surface area (TPSA) is 65.5 Å². The summed E-state index contributed by atoms with van der Waals surface area (Å²) < 4.78 is 37.7. The fraction of sp³-hybridized carbons (Fsp3) is 0.538. The third-order valence-electron chi connectivity index (χ3n) is 3.41. The molecule has 2 heterocycles. The van der Waals surface area contributed by atoms with Gasteiger partial charge in [-0.25, -0.2) is 4.79 Å². The van der Waals surface area contributed by atoms with Crippen molar-refractivity contribution in [2.45, 2.75) is 37.7 Å². The molecule has 116 valence electrons. The number of aliphatic hydroxyl groups excluding tert-OH is 1. The van der Waals surface area contributed by atoms with Crippen LogP contribution in [0.4, 0.5) is 18.0 Å². The molecule has 0 aromatic carbocycles. The summed E-state index contributed by atoms with van der Waals surface area (Å²) >= 11 is 0. The molecule has 2 rings (SSSR count). The van der Waals surface area contributed by atoms with E-state index in [1.54, 1.807) is 24.4 Å². The van der Waals surface area contributed by atoms with E-state index in [9.17, 15) is 23.1 Å². The van der Waals surface area contributed by atoms with E-state index in [2.05, 4.69) is 10.3 Å². The Morgan fingerprint density at radius 2 is 2.29 bits per heavy atom. The number of carbonyl (C=O) groups excluding carboxylic acids is 1. The average Bonchev–Trinajstić information content (AvgIpc) is 2.93. The Kier molecular flexibility index (Phi) is 4.66. The van der Waals surface area contributed by atoms with Crippen molar-refractivity contribution >= 4 is 6.03 Å². The van der Waals surface area contributed by atoms with Crippen molar-refractivity contribution in [1.29, 1.82) is 0 Å². The molecule has 1 saturated heterocycles. The molecule has 8 heteroatoms. The molecule has 0 aliphatic carbocycles. The second-order valence-electron chi connectivity index (χ2n) is 4.87. The normalized spacial score (nSPS) is 20.4. The number of amides is 2. The van der Waals surface area contributed by atoms with Crippen molar-refractivity contribution in [2.75, 3.05) is 6.54 Å². The highest BCUT2D eigenvalue weighted by Crippen LogP contribution is 2.30. The van der Waals surface area contributed by atoms with Crippen LogP contribution in [0.15, 0.2) is 24.4 Å². The summed E-state index contributed by atoms with van der Waals surface area (Å²) in [6.07, 6.45) is -5.10. The molecule has 21 heavy (non-hydrogen) atoms. The zero-order valence-corrected chi connectivity index (χ0v) is 11.2. The van der Waals surface area contributed by atoms with Crippen LogP contribution in [0.25, 0.3) is 0 Å². The van der Waals surface area contributed by atoms with Gasteiger partial charge in [0.15, 0.2) is 6.10 Å². The van der Waals surface area contributed by atoms with Crippen LogP contribution < -0.4 is 5.32 Å². The number of pyridine rings is 1. The van der Waals surface area contributed by atoms with Gasteiger partial charge < -0.3 is 15.3 Å². The number of likely N-dealkylation sites (tertiary alicyclic amines) is 1. The van der Waals surface area contributed by atoms with E-state index in [0.717, 1.165) is 4.90 Å². The molecule has 2 amide bonds. The molecule has 2 atom stereocenters. The number of nitrogens with zero attached hydrogens (tertiary/aromatic N) is 2. The maximum atomic E-state index is 12.6. The fourth-order valence-electron chi connectivity index (χ4n) is 2.36. The summed E-state index contributed by atoms with van der Waals surface area (Å²) in [5.74, 6) is 0. The van der Waals surface area contributed by atoms with Crippen molar-refractivity contribution < 1.29 is 23.1 Å². The zero-order chi connectivity index (χ0) is 15.5. The van der Waals surface area contributed by atoms with Gasteiger partial charge in [0.2, 0.25) is 0 Å². The van der Waals surface area contributed by atoms with Gasteiger partial charge in [-0.1, -0.05) is 6.07 Å². The molecule has 0 bridgehead atoms. The summed E-state index contributed by atoms with van der Waals surface area (Å²) in [5.41, 5.74) is 0.609.